The van der Waals surface area contributed by atoms with Crippen molar-refractivity contribution >= 4 is 29.0 Å². The van der Waals surface area contributed by atoms with E-state index in [1.54, 1.807) is 23.1 Å². The van der Waals surface area contributed by atoms with E-state index < -0.39 is 0 Å². The highest BCUT2D eigenvalue weighted by Crippen LogP contribution is 2.29. The van der Waals surface area contributed by atoms with Gasteiger partial charge in [-0.15, -0.1) is 11.3 Å². The van der Waals surface area contributed by atoms with Gasteiger partial charge < -0.3 is 10.2 Å². The number of aryl methyl sites for hydroxylation is 1. The Labute approximate surface area is 141 Å². The molecule has 1 amide bonds. The van der Waals surface area contributed by atoms with Gasteiger partial charge in [0.15, 0.2) is 0 Å². The molecular weight excluding hydrogens is 314 g/mol. The second-order valence-electron chi connectivity index (χ2n) is 6.27. The Morgan fingerprint density at radius 2 is 2.18 bits per heavy atom. The third kappa shape index (κ3) is 4.96. The zero-order valence-electron chi connectivity index (χ0n) is 13.2. The van der Waals surface area contributed by atoms with E-state index in [4.69, 9.17) is 0 Å². The molecule has 1 aliphatic carbocycles. The average Bonchev–Trinajstić information content (AvgIpc) is 3.27. The van der Waals surface area contributed by atoms with E-state index in [2.05, 4.69) is 20.6 Å². The van der Waals surface area contributed by atoms with Crippen molar-refractivity contribution in [1.82, 2.24) is 15.2 Å². The van der Waals surface area contributed by atoms with Crippen LogP contribution in [-0.4, -0.2) is 46.7 Å². The van der Waals surface area contributed by atoms with Gasteiger partial charge in [-0.1, -0.05) is 0 Å². The highest BCUT2D eigenvalue weighted by Gasteiger charge is 2.31. The van der Waals surface area contributed by atoms with Crippen molar-refractivity contribution in [1.29, 1.82) is 0 Å². The van der Waals surface area contributed by atoms with Crippen LogP contribution in [0.1, 0.15) is 42.8 Å². The van der Waals surface area contributed by atoms with Crippen LogP contribution in [0.2, 0.25) is 0 Å². The smallest absolute Gasteiger partial charge is 0.221 e. The van der Waals surface area contributed by atoms with E-state index in [0.29, 0.717) is 12.5 Å². The van der Waals surface area contributed by atoms with Crippen LogP contribution in [0.15, 0.2) is 5.38 Å². The lowest BCUT2D eigenvalue weighted by Gasteiger charge is -2.32. The summed E-state index contributed by atoms with van der Waals surface area (Å²) in [7, 11) is 0. The maximum absolute atomic E-state index is 12.0. The van der Waals surface area contributed by atoms with Gasteiger partial charge in [-0.05, 0) is 32.6 Å². The molecule has 2 aliphatic rings. The van der Waals surface area contributed by atoms with Crippen LogP contribution in [0, 0.1) is 6.92 Å². The van der Waals surface area contributed by atoms with Gasteiger partial charge in [0.1, 0.15) is 0 Å². The lowest BCUT2D eigenvalue weighted by molar-refractivity contribution is -0.121. The van der Waals surface area contributed by atoms with Crippen molar-refractivity contribution in [3.8, 4) is 0 Å². The van der Waals surface area contributed by atoms with Gasteiger partial charge in [0.05, 0.1) is 10.7 Å². The Kier molecular flexibility index (Phi) is 5.77. The van der Waals surface area contributed by atoms with Gasteiger partial charge >= 0.3 is 0 Å². The summed E-state index contributed by atoms with van der Waals surface area (Å²) >= 11 is 3.49. The maximum Gasteiger partial charge on any atom is 0.221 e. The first-order valence-electron chi connectivity index (χ1n) is 8.23. The Hall–Kier alpha value is -0.590. The SMILES string of the molecule is Cc1nc(CSCCC(=O)NC2CCN(C3CC3)CC2)cs1. The highest BCUT2D eigenvalue weighted by atomic mass is 32.2. The quantitative estimate of drug-likeness (QED) is 0.776. The molecule has 0 aromatic carbocycles. The minimum Gasteiger partial charge on any atom is -0.353 e. The van der Waals surface area contributed by atoms with Crippen molar-refractivity contribution < 1.29 is 4.79 Å². The van der Waals surface area contributed by atoms with Gasteiger partial charge in [0, 0.05) is 48.5 Å². The lowest BCUT2D eigenvalue weighted by atomic mass is 10.0. The number of nitrogens with one attached hydrogen (secondary N) is 1. The molecule has 1 saturated carbocycles. The fourth-order valence-corrected chi connectivity index (χ4v) is 4.51. The van der Waals surface area contributed by atoms with Crippen LogP contribution in [0.25, 0.3) is 0 Å². The van der Waals surface area contributed by atoms with Crippen LogP contribution in [0.5, 0.6) is 0 Å². The first kappa shape index (κ1) is 16.3. The number of hydrogen-bond donors (Lipinski definition) is 1. The Bertz CT molecular complexity index is 493. The van der Waals surface area contributed by atoms with Crippen molar-refractivity contribution in [2.24, 2.45) is 0 Å². The molecule has 0 atom stereocenters. The van der Waals surface area contributed by atoms with Crippen molar-refractivity contribution in [3.63, 3.8) is 0 Å². The second kappa shape index (κ2) is 7.79. The molecule has 22 heavy (non-hydrogen) atoms. The predicted octanol–water partition coefficient (Wildman–Crippen LogP) is 2.82. The van der Waals surface area contributed by atoms with Gasteiger partial charge in [-0.25, -0.2) is 4.98 Å². The van der Waals surface area contributed by atoms with E-state index in [1.807, 2.05) is 6.92 Å². The molecule has 1 aromatic rings. The van der Waals surface area contributed by atoms with E-state index in [-0.39, 0.29) is 5.91 Å². The summed E-state index contributed by atoms with van der Waals surface area (Å²) < 4.78 is 0. The third-order valence-corrected chi connectivity index (χ3v) is 6.16. The van der Waals surface area contributed by atoms with E-state index in [9.17, 15) is 4.79 Å². The van der Waals surface area contributed by atoms with Crippen LogP contribution in [0.3, 0.4) is 0 Å². The molecule has 0 radical (unpaired) electrons. The number of carbonyl (C=O) groups excluding carboxylic acids is 1. The number of aromatic nitrogens is 1. The molecule has 1 saturated heterocycles. The number of thiazole rings is 1. The predicted molar refractivity (Wildman–Crippen MR) is 93.4 cm³/mol. The maximum atomic E-state index is 12.0. The molecular formula is C16H25N3OS2. The molecule has 1 N–H and O–H groups in total. The van der Waals surface area contributed by atoms with Crippen LogP contribution in [0.4, 0.5) is 0 Å². The first-order chi connectivity index (χ1) is 10.7. The van der Waals surface area contributed by atoms with Crippen molar-refractivity contribution in [2.75, 3.05) is 18.8 Å². The number of piperidine rings is 1. The molecule has 0 bridgehead atoms. The molecule has 6 heteroatoms. The molecule has 2 fully saturated rings. The summed E-state index contributed by atoms with van der Waals surface area (Å²) in [6.45, 7) is 4.35. The summed E-state index contributed by atoms with van der Waals surface area (Å²) in [5, 5.41) is 6.43. The fraction of sp³-hybridized carbons (Fsp3) is 0.750. The summed E-state index contributed by atoms with van der Waals surface area (Å²) in [4.78, 5) is 19.0. The molecule has 3 rings (SSSR count). The zero-order chi connectivity index (χ0) is 15.4. The largest absolute Gasteiger partial charge is 0.353 e. The topological polar surface area (TPSA) is 45.2 Å². The third-order valence-electron chi connectivity index (χ3n) is 4.35. The highest BCUT2D eigenvalue weighted by molar-refractivity contribution is 7.98. The van der Waals surface area contributed by atoms with Crippen molar-refractivity contribution in [2.45, 2.75) is 56.9 Å². The Balaban J connectivity index is 1.26. The Morgan fingerprint density at radius 1 is 1.41 bits per heavy atom. The molecule has 122 valence electrons. The molecule has 0 spiro atoms. The fourth-order valence-electron chi connectivity index (χ4n) is 2.96. The first-order valence-corrected chi connectivity index (χ1v) is 10.3. The second-order valence-corrected chi connectivity index (χ2v) is 8.44. The van der Waals surface area contributed by atoms with Crippen LogP contribution >= 0.6 is 23.1 Å². The van der Waals surface area contributed by atoms with E-state index in [0.717, 1.165) is 54.2 Å². The van der Waals surface area contributed by atoms with E-state index in [1.165, 1.54) is 12.8 Å². The monoisotopic (exact) mass is 339 g/mol. The normalized spacial score (nSPS) is 20.2. The summed E-state index contributed by atoms with van der Waals surface area (Å²) in [5.74, 6) is 2.01. The van der Waals surface area contributed by atoms with Gasteiger partial charge in [0.2, 0.25) is 5.91 Å². The summed E-state index contributed by atoms with van der Waals surface area (Å²) in [6, 6.07) is 1.26. The number of hydrogen-bond acceptors (Lipinski definition) is 5. The molecule has 0 unspecified atom stereocenters. The zero-order valence-corrected chi connectivity index (χ0v) is 14.8. The average molecular weight is 340 g/mol. The van der Waals surface area contributed by atoms with Gasteiger partial charge in [-0.2, -0.15) is 11.8 Å². The summed E-state index contributed by atoms with van der Waals surface area (Å²) in [6.07, 6.45) is 5.62. The number of nitrogens with zero attached hydrogens (tertiary/aromatic N) is 2. The standard InChI is InChI=1S/C16H25N3OS2/c1-12-17-14(11-22-12)10-21-9-6-16(20)18-13-4-7-19(8-5-13)15-2-3-15/h11,13,15H,2-10H2,1H3,(H,18,20). The van der Waals surface area contributed by atoms with E-state index >= 15 is 0 Å². The molecule has 1 aromatic heterocycles. The number of carbonyl (C=O) groups is 1. The molecule has 1 aliphatic heterocycles. The van der Waals surface area contributed by atoms with Crippen LogP contribution < -0.4 is 5.32 Å². The minimum absolute atomic E-state index is 0.215. The van der Waals surface area contributed by atoms with Gasteiger partial charge in [-0.3, -0.25) is 4.79 Å². The molecule has 2 heterocycles. The molecule has 4 nitrogen and oxygen atoms in total. The van der Waals surface area contributed by atoms with Gasteiger partial charge in [0.25, 0.3) is 0 Å². The number of rotatable bonds is 7. The lowest BCUT2D eigenvalue weighted by Crippen LogP contribution is -2.45. The minimum atomic E-state index is 0.215. The number of amides is 1. The Morgan fingerprint density at radius 3 is 2.82 bits per heavy atom. The number of thioether (sulfide) groups is 1. The van der Waals surface area contributed by atoms with Crippen molar-refractivity contribution in [3.05, 3.63) is 16.1 Å². The number of likely N-dealkylation sites (tertiary alicyclic amines) is 1. The van der Waals surface area contributed by atoms with Crippen LogP contribution in [-0.2, 0) is 10.5 Å². The summed E-state index contributed by atoms with van der Waals surface area (Å²) in [5.41, 5.74) is 1.14.